The highest BCUT2D eigenvalue weighted by Crippen LogP contribution is 2.36. The summed E-state index contributed by atoms with van der Waals surface area (Å²) in [6.45, 7) is 4.23. The molecule has 2 fully saturated rings. The van der Waals surface area contributed by atoms with Gasteiger partial charge in [-0.3, -0.25) is 14.3 Å². The standard InChI is InChI=1S/C29H37F5N8O3/c1-3-8-28(30,31)9-5-20(37-26(44)23-6-10-36-41(23)4-2)22-15-42-27(38-22)39-24(17-7-11-45-16-17)21(40-42)13-18-12-19(29(32,33)34)14-35-25(18)43/h6,10,15,17-20H,3-5,7-9,11-14,16H2,1-2H3,(H,35,43)(H,37,44). The minimum atomic E-state index is -4.45. The first-order chi connectivity index (χ1) is 21.4. The molecular weight excluding hydrogens is 603 g/mol. The van der Waals surface area contributed by atoms with Gasteiger partial charge in [0.1, 0.15) is 5.69 Å². The Bertz CT molecular complexity index is 1500. The summed E-state index contributed by atoms with van der Waals surface area (Å²) in [4.78, 5) is 35.1. The lowest BCUT2D eigenvalue weighted by atomic mass is 9.85. The average Bonchev–Trinajstić information content (AvgIpc) is 3.76. The third-order valence-corrected chi connectivity index (χ3v) is 8.44. The highest BCUT2D eigenvalue weighted by atomic mass is 19.4. The molecule has 0 spiro atoms. The van der Waals surface area contributed by atoms with Crippen molar-refractivity contribution in [1.82, 2.24) is 40.0 Å². The molecule has 2 aliphatic rings. The summed E-state index contributed by atoms with van der Waals surface area (Å²) in [7, 11) is 0. The summed E-state index contributed by atoms with van der Waals surface area (Å²) in [6, 6.07) is 0.601. The number of amides is 2. The molecule has 16 heteroatoms. The van der Waals surface area contributed by atoms with E-state index in [1.807, 2.05) is 6.92 Å². The molecule has 2 amide bonds. The van der Waals surface area contributed by atoms with Crippen LogP contribution in [0.25, 0.3) is 5.78 Å². The van der Waals surface area contributed by atoms with Crippen molar-refractivity contribution in [3.05, 3.63) is 41.2 Å². The largest absolute Gasteiger partial charge is 0.393 e. The Hall–Kier alpha value is -3.69. The number of nitrogens with zero attached hydrogens (tertiary/aromatic N) is 6. The molecule has 0 saturated carbocycles. The molecule has 3 aromatic rings. The molecule has 246 valence electrons. The van der Waals surface area contributed by atoms with E-state index >= 15 is 0 Å². The minimum Gasteiger partial charge on any atom is -0.381 e. The number of halogens is 5. The van der Waals surface area contributed by atoms with Crippen LogP contribution < -0.4 is 10.6 Å². The Morgan fingerprint density at radius 2 is 2.00 bits per heavy atom. The van der Waals surface area contributed by atoms with Crippen LogP contribution in [0.5, 0.6) is 0 Å². The molecule has 0 radical (unpaired) electrons. The van der Waals surface area contributed by atoms with Gasteiger partial charge < -0.3 is 15.4 Å². The number of fused-ring (bicyclic) bond motifs is 1. The van der Waals surface area contributed by atoms with Crippen LogP contribution in [0, 0.1) is 11.8 Å². The lowest BCUT2D eigenvalue weighted by molar-refractivity contribution is -0.183. The highest BCUT2D eigenvalue weighted by Gasteiger charge is 2.45. The zero-order valence-electron chi connectivity index (χ0n) is 25.1. The maximum absolute atomic E-state index is 14.6. The zero-order chi connectivity index (χ0) is 32.4. The molecule has 0 aromatic carbocycles. The van der Waals surface area contributed by atoms with Gasteiger partial charge in [-0.15, -0.1) is 0 Å². The van der Waals surface area contributed by atoms with Gasteiger partial charge in [0.05, 0.1) is 41.8 Å². The molecule has 2 saturated heterocycles. The second-order valence-corrected chi connectivity index (χ2v) is 11.7. The maximum Gasteiger partial charge on any atom is 0.393 e. The predicted octanol–water partition coefficient (Wildman–Crippen LogP) is 4.39. The number of alkyl halides is 5. The fraction of sp³-hybridized carbons (Fsp3) is 0.655. The number of hydrogen-bond acceptors (Lipinski definition) is 7. The van der Waals surface area contributed by atoms with Crippen LogP contribution in [0.3, 0.4) is 0 Å². The van der Waals surface area contributed by atoms with Gasteiger partial charge in [0.2, 0.25) is 11.8 Å². The van der Waals surface area contributed by atoms with Crippen molar-refractivity contribution < 1.29 is 36.3 Å². The van der Waals surface area contributed by atoms with Gasteiger partial charge in [-0.1, -0.05) is 13.3 Å². The molecule has 2 N–H and O–H groups in total. The van der Waals surface area contributed by atoms with Gasteiger partial charge in [-0.2, -0.15) is 23.4 Å². The van der Waals surface area contributed by atoms with E-state index in [1.54, 1.807) is 6.92 Å². The third-order valence-electron chi connectivity index (χ3n) is 8.44. The molecule has 0 aliphatic carbocycles. The van der Waals surface area contributed by atoms with E-state index in [0.717, 1.165) is 0 Å². The van der Waals surface area contributed by atoms with Crippen molar-refractivity contribution in [3.63, 3.8) is 0 Å². The number of carbonyl (C=O) groups is 2. The van der Waals surface area contributed by atoms with E-state index in [0.29, 0.717) is 44.0 Å². The van der Waals surface area contributed by atoms with Gasteiger partial charge in [-0.05, 0) is 32.3 Å². The third kappa shape index (κ3) is 7.59. The molecule has 4 unspecified atom stereocenters. The number of piperidine rings is 1. The monoisotopic (exact) mass is 640 g/mol. The van der Waals surface area contributed by atoms with E-state index in [1.165, 1.54) is 27.7 Å². The Balaban J connectivity index is 1.48. The highest BCUT2D eigenvalue weighted by molar-refractivity contribution is 5.92. The number of ether oxygens (including phenoxy) is 1. The van der Waals surface area contributed by atoms with Gasteiger partial charge in [0.25, 0.3) is 11.7 Å². The zero-order valence-corrected chi connectivity index (χ0v) is 25.1. The van der Waals surface area contributed by atoms with Gasteiger partial charge in [0, 0.05) is 57.0 Å². The Morgan fingerprint density at radius 1 is 1.20 bits per heavy atom. The van der Waals surface area contributed by atoms with Crippen LogP contribution in [-0.2, 0) is 22.5 Å². The normalized spacial score (nSPS) is 21.7. The van der Waals surface area contributed by atoms with E-state index in [-0.39, 0.29) is 48.8 Å². The van der Waals surface area contributed by atoms with Crippen molar-refractivity contribution in [1.29, 1.82) is 0 Å². The Morgan fingerprint density at radius 3 is 2.69 bits per heavy atom. The van der Waals surface area contributed by atoms with Crippen LogP contribution >= 0.6 is 0 Å². The summed E-state index contributed by atoms with van der Waals surface area (Å²) in [5.74, 6) is -6.67. The van der Waals surface area contributed by atoms with Crippen molar-refractivity contribution in [2.75, 3.05) is 19.8 Å². The number of aromatic nitrogens is 6. The second-order valence-electron chi connectivity index (χ2n) is 11.7. The van der Waals surface area contributed by atoms with Crippen LogP contribution in [0.1, 0.15) is 91.9 Å². The SMILES string of the molecule is CCCC(F)(F)CCC(NC(=O)c1ccnn1CC)c1cn2nc(CC3CC(C(F)(F)F)CNC3=O)c(C3CCOC3)nc2n1. The summed E-state index contributed by atoms with van der Waals surface area (Å²) < 4.78 is 78.0. The molecule has 3 aromatic heterocycles. The fourth-order valence-electron chi connectivity index (χ4n) is 5.98. The quantitative estimate of drug-likeness (QED) is 0.281. The van der Waals surface area contributed by atoms with Crippen LogP contribution in [0.15, 0.2) is 18.5 Å². The summed E-state index contributed by atoms with van der Waals surface area (Å²) in [5.41, 5.74) is 1.32. The topological polar surface area (TPSA) is 128 Å². The smallest absolute Gasteiger partial charge is 0.381 e. The van der Waals surface area contributed by atoms with Gasteiger partial charge in [-0.25, -0.2) is 23.3 Å². The maximum atomic E-state index is 14.6. The number of hydrogen-bond donors (Lipinski definition) is 2. The van der Waals surface area contributed by atoms with Crippen LogP contribution in [-0.4, -0.2) is 73.0 Å². The van der Waals surface area contributed by atoms with E-state index in [9.17, 15) is 31.5 Å². The molecular formula is C29H37F5N8O3. The molecule has 5 heterocycles. The molecule has 11 nitrogen and oxygen atoms in total. The van der Waals surface area contributed by atoms with Gasteiger partial charge >= 0.3 is 6.18 Å². The van der Waals surface area contributed by atoms with Crippen LogP contribution in [0.2, 0.25) is 0 Å². The fourth-order valence-corrected chi connectivity index (χ4v) is 5.98. The minimum absolute atomic E-state index is 0.0783. The molecule has 5 rings (SSSR count). The Kier molecular flexibility index (Phi) is 9.70. The van der Waals surface area contributed by atoms with Crippen molar-refractivity contribution in [3.8, 4) is 0 Å². The number of carbonyl (C=O) groups excluding carboxylic acids is 2. The molecule has 2 aliphatic heterocycles. The lowest BCUT2D eigenvalue weighted by Gasteiger charge is -2.30. The van der Waals surface area contributed by atoms with E-state index < -0.39 is 54.8 Å². The van der Waals surface area contributed by atoms with Crippen LogP contribution in [0.4, 0.5) is 22.0 Å². The molecule has 0 bridgehead atoms. The predicted molar refractivity (Wildman–Crippen MR) is 151 cm³/mol. The lowest BCUT2D eigenvalue weighted by Crippen LogP contribution is -2.47. The van der Waals surface area contributed by atoms with E-state index in [4.69, 9.17) is 9.72 Å². The average molecular weight is 641 g/mol. The Labute approximate surface area is 256 Å². The number of nitrogens with one attached hydrogen (secondary N) is 2. The van der Waals surface area contributed by atoms with Crippen molar-refractivity contribution in [2.24, 2.45) is 11.8 Å². The van der Waals surface area contributed by atoms with Crippen molar-refractivity contribution in [2.45, 2.75) is 89.4 Å². The molecule has 45 heavy (non-hydrogen) atoms. The number of aryl methyl sites for hydroxylation is 1. The first-order valence-corrected chi connectivity index (χ1v) is 15.3. The number of rotatable bonds is 12. The first kappa shape index (κ1) is 32.7. The van der Waals surface area contributed by atoms with E-state index in [2.05, 4.69) is 25.8 Å². The summed E-state index contributed by atoms with van der Waals surface area (Å²) in [6.07, 6.45) is -1.99. The molecule has 4 atom stereocenters. The number of imidazole rings is 1. The summed E-state index contributed by atoms with van der Waals surface area (Å²) >= 11 is 0. The first-order valence-electron chi connectivity index (χ1n) is 15.3. The second kappa shape index (κ2) is 13.3. The van der Waals surface area contributed by atoms with Gasteiger partial charge in [0.15, 0.2) is 0 Å². The summed E-state index contributed by atoms with van der Waals surface area (Å²) in [5, 5.41) is 13.9. The van der Waals surface area contributed by atoms with Crippen molar-refractivity contribution >= 4 is 17.6 Å².